The Morgan fingerprint density at radius 1 is 1.30 bits per heavy atom. The van der Waals surface area contributed by atoms with Crippen LogP contribution in [0.4, 0.5) is 5.69 Å². The van der Waals surface area contributed by atoms with Gasteiger partial charge in [0.05, 0.1) is 30.7 Å². The minimum absolute atomic E-state index is 0.0173. The molecule has 1 aliphatic rings. The fourth-order valence-corrected chi connectivity index (χ4v) is 3.68. The summed E-state index contributed by atoms with van der Waals surface area (Å²) >= 11 is 0. The van der Waals surface area contributed by atoms with E-state index in [1.807, 2.05) is 6.92 Å². The molecule has 1 aliphatic heterocycles. The summed E-state index contributed by atoms with van der Waals surface area (Å²) in [5, 5.41) is 14.0. The highest BCUT2D eigenvalue weighted by Crippen LogP contribution is 2.33. The van der Waals surface area contributed by atoms with Crippen LogP contribution in [0.2, 0.25) is 0 Å². The van der Waals surface area contributed by atoms with Gasteiger partial charge in [-0.05, 0) is 37.0 Å². The molecule has 33 heavy (non-hydrogen) atoms. The third-order valence-electron chi connectivity index (χ3n) is 5.31. The van der Waals surface area contributed by atoms with Crippen molar-refractivity contribution >= 4 is 35.4 Å². The number of methoxy groups -OCH3 is 1. The summed E-state index contributed by atoms with van der Waals surface area (Å²) in [7, 11) is 1.34. The molecule has 174 valence electrons. The van der Waals surface area contributed by atoms with Gasteiger partial charge in [0, 0.05) is 19.0 Å². The van der Waals surface area contributed by atoms with Crippen LogP contribution in [0.5, 0.6) is 5.88 Å². The van der Waals surface area contributed by atoms with Gasteiger partial charge >= 0.3 is 11.8 Å². The second-order valence-electron chi connectivity index (χ2n) is 7.70. The number of anilines is 1. The van der Waals surface area contributed by atoms with Crippen LogP contribution < -0.4 is 21.5 Å². The van der Waals surface area contributed by atoms with Crippen LogP contribution in [-0.2, 0) is 9.59 Å². The van der Waals surface area contributed by atoms with Crippen LogP contribution in [0.3, 0.4) is 0 Å². The number of carbonyl (C=O) groups is 3. The Hall–Kier alpha value is -4.22. The van der Waals surface area contributed by atoms with Crippen LogP contribution in [0.25, 0.3) is 5.82 Å². The van der Waals surface area contributed by atoms with Crippen molar-refractivity contribution in [3.05, 3.63) is 41.9 Å². The standard InChI is InChI=1S/C21H26N8O4/c1-12-3-4-16(15-6-8-29(27-15)17(23)5-7-22)28(11-12)21(32)19(31)26-13-9-14(18(24)30)20(33-2)25-10-13/h5-10,12,16,22H,3-4,11,23H2,1-2H3,(H2,24,30)(H,26,31)/b17-5+,22-7?/t12-,16+/m1/s1. The van der Waals surface area contributed by atoms with E-state index in [-0.39, 0.29) is 28.9 Å². The van der Waals surface area contributed by atoms with Crippen molar-refractivity contribution in [1.82, 2.24) is 19.7 Å². The molecule has 0 radical (unpaired) electrons. The molecule has 12 nitrogen and oxygen atoms in total. The molecule has 1 fully saturated rings. The Kier molecular flexibility index (Phi) is 7.06. The Morgan fingerprint density at radius 2 is 2.06 bits per heavy atom. The van der Waals surface area contributed by atoms with Gasteiger partial charge in [0.1, 0.15) is 11.4 Å². The molecule has 2 aromatic rings. The highest BCUT2D eigenvalue weighted by molar-refractivity contribution is 6.39. The van der Waals surface area contributed by atoms with E-state index >= 15 is 0 Å². The largest absolute Gasteiger partial charge is 0.480 e. The molecule has 2 aromatic heterocycles. The summed E-state index contributed by atoms with van der Waals surface area (Å²) in [5.74, 6) is -1.91. The Bertz CT molecular complexity index is 1110. The van der Waals surface area contributed by atoms with Gasteiger partial charge in [0.2, 0.25) is 5.88 Å². The molecule has 3 heterocycles. The average molecular weight is 454 g/mol. The van der Waals surface area contributed by atoms with E-state index in [4.69, 9.17) is 21.6 Å². The zero-order valence-corrected chi connectivity index (χ0v) is 18.3. The van der Waals surface area contributed by atoms with E-state index in [1.54, 1.807) is 12.3 Å². The number of piperidine rings is 1. The van der Waals surface area contributed by atoms with Crippen molar-refractivity contribution < 1.29 is 19.1 Å². The van der Waals surface area contributed by atoms with E-state index < -0.39 is 23.8 Å². The van der Waals surface area contributed by atoms with Crippen LogP contribution in [0.1, 0.15) is 41.9 Å². The molecule has 0 aromatic carbocycles. The van der Waals surface area contributed by atoms with Crippen molar-refractivity contribution in [2.75, 3.05) is 19.0 Å². The predicted octanol–water partition coefficient (Wildman–Crippen LogP) is 0.731. The van der Waals surface area contributed by atoms with Gasteiger partial charge in [0.25, 0.3) is 5.91 Å². The first-order valence-corrected chi connectivity index (χ1v) is 10.2. The molecule has 0 aliphatic carbocycles. The topological polar surface area (TPSA) is 182 Å². The lowest BCUT2D eigenvalue weighted by Gasteiger charge is -2.37. The van der Waals surface area contributed by atoms with Crippen LogP contribution in [-0.4, -0.2) is 57.3 Å². The number of carbonyl (C=O) groups excluding carboxylic acids is 3. The van der Waals surface area contributed by atoms with Crippen molar-refractivity contribution in [3.63, 3.8) is 0 Å². The zero-order valence-electron chi connectivity index (χ0n) is 18.3. The van der Waals surface area contributed by atoms with Crippen LogP contribution in [0, 0.1) is 11.3 Å². The minimum Gasteiger partial charge on any atom is -0.480 e. The Balaban J connectivity index is 1.82. The number of amides is 3. The highest BCUT2D eigenvalue weighted by Gasteiger charge is 2.35. The van der Waals surface area contributed by atoms with Crippen molar-refractivity contribution in [2.24, 2.45) is 17.4 Å². The summed E-state index contributed by atoms with van der Waals surface area (Å²) in [4.78, 5) is 42.9. The number of allylic oxidation sites excluding steroid dienone is 1. The second kappa shape index (κ2) is 9.94. The van der Waals surface area contributed by atoms with Gasteiger partial charge in [-0.15, -0.1) is 0 Å². The lowest BCUT2D eigenvalue weighted by Crippen LogP contribution is -2.46. The number of ether oxygens (including phenoxy) is 1. The number of aromatic nitrogens is 3. The predicted molar refractivity (Wildman–Crippen MR) is 120 cm³/mol. The maximum Gasteiger partial charge on any atom is 0.313 e. The summed E-state index contributed by atoms with van der Waals surface area (Å²) < 4.78 is 6.40. The molecular formula is C21H26N8O4. The number of nitrogens with one attached hydrogen (secondary N) is 2. The number of hydrogen-bond donors (Lipinski definition) is 4. The highest BCUT2D eigenvalue weighted by atomic mass is 16.5. The number of primary amides is 1. The molecule has 0 unspecified atom stereocenters. The number of nitrogens with zero attached hydrogens (tertiary/aromatic N) is 4. The van der Waals surface area contributed by atoms with E-state index in [1.165, 1.54) is 35.0 Å². The molecule has 1 saturated heterocycles. The van der Waals surface area contributed by atoms with E-state index in [0.29, 0.717) is 18.7 Å². The average Bonchev–Trinajstić information content (AvgIpc) is 3.28. The molecule has 3 rings (SSSR count). The fourth-order valence-electron chi connectivity index (χ4n) is 3.68. The molecule has 0 spiro atoms. The van der Waals surface area contributed by atoms with Gasteiger partial charge in [-0.2, -0.15) is 5.10 Å². The summed E-state index contributed by atoms with van der Waals surface area (Å²) in [6.45, 7) is 2.38. The Labute approximate surface area is 190 Å². The number of pyridine rings is 1. The fraction of sp³-hybridized carbons (Fsp3) is 0.333. The maximum absolute atomic E-state index is 13.1. The molecular weight excluding hydrogens is 428 g/mol. The summed E-state index contributed by atoms with van der Waals surface area (Å²) in [5.41, 5.74) is 11.9. The van der Waals surface area contributed by atoms with Gasteiger partial charge in [-0.1, -0.05) is 6.92 Å². The van der Waals surface area contributed by atoms with Crippen molar-refractivity contribution in [1.29, 1.82) is 5.41 Å². The first-order valence-electron chi connectivity index (χ1n) is 10.2. The molecule has 0 bridgehead atoms. The van der Waals surface area contributed by atoms with Gasteiger partial charge in [0.15, 0.2) is 0 Å². The van der Waals surface area contributed by atoms with Crippen molar-refractivity contribution in [3.8, 4) is 5.88 Å². The molecule has 2 atom stereocenters. The molecule has 6 N–H and O–H groups in total. The SMILES string of the molecule is COc1ncc(NC(=O)C(=O)N2C[C@H](C)CC[C@H]2c2ccn(/C(N)=C/C=N)n2)cc1C(N)=O. The zero-order chi connectivity index (χ0) is 24.1. The number of nitrogens with two attached hydrogens (primary N) is 2. The van der Waals surface area contributed by atoms with E-state index in [0.717, 1.165) is 12.6 Å². The van der Waals surface area contributed by atoms with E-state index in [9.17, 15) is 14.4 Å². The first-order chi connectivity index (χ1) is 15.7. The van der Waals surface area contributed by atoms with Gasteiger partial charge in [-0.3, -0.25) is 14.4 Å². The normalized spacial score (nSPS) is 18.5. The quantitative estimate of drug-likeness (QED) is 0.366. The lowest BCUT2D eigenvalue weighted by atomic mass is 9.92. The molecule has 12 heteroatoms. The number of likely N-dealkylation sites (tertiary alicyclic amines) is 1. The van der Waals surface area contributed by atoms with Crippen LogP contribution in [0.15, 0.2) is 30.6 Å². The monoisotopic (exact) mass is 454 g/mol. The van der Waals surface area contributed by atoms with Gasteiger partial charge in [-0.25, -0.2) is 9.67 Å². The minimum atomic E-state index is -0.876. The summed E-state index contributed by atoms with van der Waals surface area (Å²) in [6.07, 6.45) is 6.84. The smallest absolute Gasteiger partial charge is 0.313 e. The first kappa shape index (κ1) is 23.4. The van der Waals surface area contributed by atoms with E-state index in [2.05, 4.69) is 15.4 Å². The maximum atomic E-state index is 13.1. The van der Waals surface area contributed by atoms with Crippen LogP contribution >= 0.6 is 0 Å². The number of rotatable bonds is 6. The second-order valence-corrected chi connectivity index (χ2v) is 7.70. The van der Waals surface area contributed by atoms with Gasteiger partial charge < -0.3 is 31.8 Å². The lowest BCUT2D eigenvalue weighted by molar-refractivity contribution is -0.146. The molecule has 3 amide bonds. The Morgan fingerprint density at radius 3 is 2.73 bits per heavy atom. The third kappa shape index (κ3) is 5.17. The summed E-state index contributed by atoms with van der Waals surface area (Å²) in [6, 6.07) is 2.62. The number of hydrogen-bond acceptors (Lipinski definition) is 8. The third-order valence-corrected chi connectivity index (χ3v) is 5.31. The van der Waals surface area contributed by atoms with Crippen molar-refractivity contribution in [2.45, 2.75) is 25.8 Å². The molecule has 0 saturated carbocycles.